The number of anilines is 1. The largest absolute Gasteiger partial charge is 0.462 e. The number of esters is 1. The van der Waals surface area contributed by atoms with Crippen LogP contribution in [0.15, 0.2) is 10.8 Å². The number of carbonyl (C=O) groups excluding carboxylic acids is 1. The van der Waals surface area contributed by atoms with E-state index in [4.69, 9.17) is 10.5 Å². The number of halogens is 3. The zero-order chi connectivity index (χ0) is 12.3. The summed E-state index contributed by atoms with van der Waals surface area (Å²) in [7, 11) is 0. The van der Waals surface area contributed by atoms with Crippen LogP contribution >= 0.6 is 15.9 Å². The fourth-order valence-corrected chi connectivity index (χ4v) is 1.56. The molecule has 1 heterocycles. The lowest BCUT2D eigenvalue weighted by Crippen LogP contribution is -2.12. The molecule has 4 nitrogen and oxygen atoms in total. The van der Waals surface area contributed by atoms with Gasteiger partial charge in [-0.3, -0.25) is 0 Å². The zero-order valence-corrected chi connectivity index (χ0v) is 9.92. The van der Waals surface area contributed by atoms with Gasteiger partial charge in [0, 0.05) is 6.20 Å². The highest BCUT2D eigenvalue weighted by Gasteiger charge is 2.22. The smallest absolute Gasteiger partial charge is 0.343 e. The van der Waals surface area contributed by atoms with Crippen LogP contribution in [-0.4, -0.2) is 17.6 Å². The van der Waals surface area contributed by atoms with Crippen molar-refractivity contribution in [3.8, 4) is 0 Å². The van der Waals surface area contributed by atoms with Crippen molar-refractivity contribution in [3.05, 3.63) is 21.9 Å². The molecular formula is C9H9BrF2N2O2. The summed E-state index contributed by atoms with van der Waals surface area (Å²) in [6.07, 6.45) is -1.86. The molecule has 0 radical (unpaired) electrons. The second-order valence-corrected chi connectivity index (χ2v) is 3.57. The number of hydrogen-bond acceptors (Lipinski definition) is 4. The quantitative estimate of drug-likeness (QED) is 0.687. The van der Waals surface area contributed by atoms with Gasteiger partial charge in [-0.2, -0.15) is 0 Å². The fourth-order valence-electron chi connectivity index (χ4n) is 1.09. The summed E-state index contributed by atoms with van der Waals surface area (Å²) in [4.78, 5) is 15.1. The highest BCUT2D eigenvalue weighted by atomic mass is 79.9. The van der Waals surface area contributed by atoms with Crippen LogP contribution in [0.5, 0.6) is 0 Å². The van der Waals surface area contributed by atoms with E-state index in [1.54, 1.807) is 6.92 Å². The van der Waals surface area contributed by atoms with Crippen LogP contribution in [0.4, 0.5) is 14.5 Å². The summed E-state index contributed by atoms with van der Waals surface area (Å²) in [6, 6.07) is 0. The number of hydrogen-bond donors (Lipinski definition) is 1. The van der Waals surface area contributed by atoms with Crippen molar-refractivity contribution in [1.82, 2.24) is 4.98 Å². The SMILES string of the molecule is CCOC(=O)c1c(Br)ncc(C(F)F)c1N. The Balaban J connectivity index is 3.26. The highest BCUT2D eigenvalue weighted by molar-refractivity contribution is 9.10. The van der Waals surface area contributed by atoms with E-state index >= 15 is 0 Å². The van der Waals surface area contributed by atoms with Crippen molar-refractivity contribution in [2.45, 2.75) is 13.3 Å². The molecule has 0 bridgehead atoms. The van der Waals surface area contributed by atoms with Crippen molar-refractivity contribution in [2.24, 2.45) is 0 Å². The van der Waals surface area contributed by atoms with Crippen LogP contribution in [0.25, 0.3) is 0 Å². The summed E-state index contributed by atoms with van der Waals surface area (Å²) >= 11 is 2.96. The minimum absolute atomic E-state index is 0.0906. The maximum atomic E-state index is 12.5. The lowest BCUT2D eigenvalue weighted by molar-refractivity contribution is 0.0525. The van der Waals surface area contributed by atoms with Gasteiger partial charge in [-0.15, -0.1) is 0 Å². The number of nitrogens with two attached hydrogens (primary N) is 1. The molecule has 0 saturated carbocycles. The van der Waals surface area contributed by atoms with E-state index in [0.717, 1.165) is 6.20 Å². The van der Waals surface area contributed by atoms with E-state index in [-0.39, 0.29) is 22.5 Å². The van der Waals surface area contributed by atoms with E-state index in [9.17, 15) is 13.6 Å². The van der Waals surface area contributed by atoms with Gasteiger partial charge in [-0.1, -0.05) is 0 Å². The number of nitrogens with zero attached hydrogens (tertiary/aromatic N) is 1. The molecule has 0 fully saturated rings. The van der Waals surface area contributed by atoms with E-state index in [2.05, 4.69) is 20.9 Å². The van der Waals surface area contributed by atoms with E-state index in [1.807, 2.05) is 0 Å². The molecule has 0 saturated heterocycles. The first-order chi connectivity index (χ1) is 7.49. The van der Waals surface area contributed by atoms with Gasteiger partial charge in [-0.05, 0) is 22.9 Å². The number of ether oxygens (including phenoxy) is 1. The summed E-state index contributed by atoms with van der Waals surface area (Å²) in [5.41, 5.74) is 4.51. The number of alkyl halides is 2. The van der Waals surface area contributed by atoms with Crippen LogP contribution < -0.4 is 5.73 Å². The second-order valence-electron chi connectivity index (χ2n) is 2.81. The summed E-state index contributed by atoms with van der Waals surface area (Å²) in [6.45, 7) is 1.73. The zero-order valence-electron chi connectivity index (χ0n) is 8.34. The molecule has 0 amide bonds. The molecule has 1 aromatic rings. The normalized spacial score (nSPS) is 10.6. The topological polar surface area (TPSA) is 65.2 Å². The number of nitrogen functional groups attached to an aromatic ring is 1. The van der Waals surface area contributed by atoms with Gasteiger partial charge in [0.05, 0.1) is 17.9 Å². The van der Waals surface area contributed by atoms with Crippen molar-refractivity contribution in [3.63, 3.8) is 0 Å². The van der Waals surface area contributed by atoms with E-state index in [0.29, 0.717) is 0 Å². The Labute approximate surface area is 98.9 Å². The lowest BCUT2D eigenvalue weighted by atomic mass is 10.1. The maximum absolute atomic E-state index is 12.5. The third-order valence-electron chi connectivity index (χ3n) is 1.82. The molecule has 2 N–H and O–H groups in total. The number of pyridine rings is 1. The van der Waals surface area contributed by atoms with Crippen LogP contribution in [0, 0.1) is 0 Å². The Kier molecular flexibility index (Phi) is 4.17. The molecule has 16 heavy (non-hydrogen) atoms. The Bertz CT molecular complexity index is 413. The fraction of sp³-hybridized carbons (Fsp3) is 0.333. The highest BCUT2D eigenvalue weighted by Crippen LogP contribution is 2.30. The molecule has 0 unspecified atom stereocenters. The molecule has 7 heteroatoms. The van der Waals surface area contributed by atoms with Crippen molar-refractivity contribution in [1.29, 1.82) is 0 Å². The molecule has 0 aliphatic heterocycles. The van der Waals surface area contributed by atoms with Crippen LogP contribution in [-0.2, 0) is 4.74 Å². The average Bonchev–Trinajstić information content (AvgIpc) is 2.17. The van der Waals surface area contributed by atoms with E-state index < -0.39 is 18.0 Å². The lowest BCUT2D eigenvalue weighted by Gasteiger charge is -2.10. The van der Waals surface area contributed by atoms with Crippen LogP contribution in [0.2, 0.25) is 0 Å². The van der Waals surface area contributed by atoms with Gasteiger partial charge in [0.15, 0.2) is 0 Å². The van der Waals surface area contributed by atoms with Crippen molar-refractivity contribution < 1.29 is 18.3 Å². The first-order valence-electron chi connectivity index (χ1n) is 4.38. The van der Waals surface area contributed by atoms with Gasteiger partial charge >= 0.3 is 5.97 Å². The third kappa shape index (κ3) is 2.46. The van der Waals surface area contributed by atoms with Crippen LogP contribution in [0.3, 0.4) is 0 Å². The molecular weight excluding hydrogens is 286 g/mol. The predicted octanol–water partition coefficient (Wildman–Crippen LogP) is 2.54. The molecule has 0 aliphatic carbocycles. The second kappa shape index (κ2) is 5.20. The Morgan fingerprint density at radius 3 is 2.81 bits per heavy atom. The van der Waals surface area contributed by atoms with Crippen molar-refractivity contribution in [2.75, 3.05) is 12.3 Å². The summed E-state index contributed by atoms with van der Waals surface area (Å²) in [5, 5.41) is 0. The molecule has 0 aromatic carbocycles. The predicted molar refractivity (Wildman–Crippen MR) is 57.3 cm³/mol. The van der Waals surface area contributed by atoms with Crippen molar-refractivity contribution >= 4 is 27.6 Å². The Morgan fingerprint density at radius 2 is 2.31 bits per heavy atom. The first-order valence-corrected chi connectivity index (χ1v) is 5.17. The summed E-state index contributed by atoms with van der Waals surface area (Å²) < 4.78 is 29.8. The minimum atomic E-state index is -2.78. The Hall–Kier alpha value is -1.24. The molecule has 0 aliphatic rings. The van der Waals surface area contributed by atoms with Gasteiger partial charge in [0.25, 0.3) is 6.43 Å². The summed E-state index contributed by atoms with van der Waals surface area (Å²) in [5.74, 6) is -0.776. The van der Waals surface area contributed by atoms with E-state index in [1.165, 1.54) is 0 Å². The third-order valence-corrected chi connectivity index (χ3v) is 2.42. The number of rotatable bonds is 3. The Morgan fingerprint density at radius 1 is 1.69 bits per heavy atom. The van der Waals surface area contributed by atoms with Gasteiger partial charge in [-0.25, -0.2) is 18.6 Å². The molecule has 1 rings (SSSR count). The molecule has 1 aromatic heterocycles. The molecule has 0 spiro atoms. The standard InChI is InChI=1S/C9H9BrF2N2O2/c1-2-16-9(15)5-6(13)4(8(11)12)3-14-7(5)10/h3,8H,2H2,1H3,(H2,13,14). The first kappa shape index (κ1) is 12.8. The molecule has 88 valence electrons. The average molecular weight is 295 g/mol. The number of aromatic nitrogens is 1. The van der Waals surface area contributed by atoms with Gasteiger partial charge in [0.2, 0.25) is 0 Å². The minimum Gasteiger partial charge on any atom is -0.462 e. The molecule has 0 atom stereocenters. The monoisotopic (exact) mass is 294 g/mol. The number of carbonyl (C=O) groups is 1. The van der Waals surface area contributed by atoms with Crippen LogP contribution in [0.1, 0.15) is 29.3 Å². The van der Waals surface area contributed by atoms with Gasteiger partial charge < -0.3 is 10.5 Å². The van der Waals surface area contributed by atoms with Gasteiger partial charge in [0.1, 0.15) is 10.2 Å². The maximum Gasteiger partial charge on any atom is 0.343 e.